The van der Waals surface area contributed by atoms with Crippen molar-refractivity contribution in [2.45, 2.75) is 0 Å². The van der Waals surface area contributed by atoms with Crippen LogP contribution in [0, 0.1) is 0 Å². The lowest BCUT2D eigenvalue weighted by Gasteiger charge is -2.03. The Morgan fingerprint density at radius 1 is 1.40 bits per heavy atom. The normalized spacial score (nSPS) is 10.2. The van der Waals surface area contributed by atoms with E-state index in [1.165, 1.54) is 13.4 Å². The molecule has 5 heteroatoms. The van der Waals surface area contributed by atoms with Crippen molar-refractivity contribution in [1.29, 1.82) is 0 Å². The Balaban J connectivity index is 2.74. The Bertz CT molecular complexity index is 525. The number of anilines is 1. The maximum Gasteiger partial charge on any atom is 0.357 e. The SMILES string of the molecule is COC(=O)c1ncnc2ccc(N)cc12. The van der Waals surface area contributed by atoms with Gasteiger partial charge in [-0.05, 0) is 18.2 Å². The molecule has 0 aliphatic rings. The average Bonchev–Trinajstić information content (AvgIpc) is 2.27. The maximum atomic E-state index is 11.4. The van der Waals surface area contributed by atoms with Gasteiger partial charge in [-0.15, -0.1) is 0 Å². The molecule has 0 unspecified atom stereocenters. The Labute approximate surface area is 85.9 Å². The van der Waals surface area contributed by atoms with Crippen molar-refractivity contribution in [3.8, 4) is 0 Å². The molecular formula is C10H9N3O2. The van der Waals surface area contributed by atoms with E-state index in [0.29, 0.717) is 16.6 Å². The minimum atomic E-state index is -0.493. The van der Waals surface area contributed by atoms with Crippen LogP contribution in [0.3, 0.4) is 0 Å². The molecule has 1 aromatic carbocycles. The number of nitrogen functional groups attached to an aromatic ring is 1. The lowest BCUT2D eigenvalue weighted by molar-refractivity contribution is 0.0596. The third kappa shape index (κ3) is 1.59. The highest BCUT2D eigenvalue weighted by Crippen LogP contribution is 2.18. The fourth-order valence-electron chi connectivity index (χ4n) is 1.33. The molecule has 0 amide bonds. The Kier molecular flexibility index (Phi) is 2.21. The molecule has 0 spiro atoms. The fraction of sp³-hybridized carbons (Fsp3) is 0.100. The zero-order valence-corrected chi connectivity index (χ0v) is 8.10. The first-order valence-corrected chi connectivity index (χ1v) is 4.31. The van der Waals surface area contributed by atoms with Crippen LogP contribution in [0.25, 0.3) is 10.9 Å². The highest BCUT2D eigenvalue weighted by Gasteiger charge is 2.12. The second kappa shape index (κ2) is 3.53. The van der Waals surface area contributed by atoms with Crippen LogP contribution < -0.4 is 5.73 Å². The monoisotopic (exact) mass is 203 g/mol. The molecule has 2 rings (SSSR count). The molecule has 0 atom stereocenters. The predicted molar refractivity (Wildman–Crippen MR) is 55.3 cm³/mol. The zero-order valence-electron chi connectivity index (χ0n) is 8.10. The van der Waals surface area contributed by atoms with Gasteiger partial charge in [0.1, 0.15) is 6.33 Å². The molecule has 0 saturated heterocycles. The number of benzene rings is 1. The molecule has 0 fully saturated rings. The number of esters is 1. The first-order chi connectivity index (χ1) is 7.22. The number of hydrogen-bond acceptors (Lipinski definition) is 5. The highest BCUT2D eigenvalue weighted by atomic mass is 16.5. The molecule has 0 aliphatic carbocycles. The quantitative estimate of drug-likeness (QED) is 0.552. The molecule has 76 valence electrons. The van der Waals surface area contributed by atoms with E-state index in [2.05, 4.69) is 14.7 Å². The molecule has 0 saturated carbocycles. The van der Waals surface area contributed by atoms with E-state index in [4.69, 9.17) is 5.73 Å². The van der Waals surface area contributed by atoms with Gasteiger partial charge in [-0.2, -0.15) is 0 Å². The molecule has 15 heavy (non-hydrogen) atoms. The van der Waals surface area contributed by atoms with Crippen molar-refractivity contribution in [3.05, 3.63) is 30.2 Å². The number of nitrogens with two attached hydrogens (primary N) is 1. The van der Waals surface area contributed by atoms with Crippen LogP contribution in [0.4, 0.5) is 5.69 Å². The van der Waals surface area contributed by atoms with E-state index in [-0.39, 0.29) is 5.69 Å². The van der Waals surface area contributed by atoms with Crippen molar-refractivity contribution in [1.82, 2.24) is 9.97 Å². The first kappa shape index (κ1) is 9.39. The molecule has 5 nitrogen and oxygen atoms in total. The molecular weight excluding hydrogens is 194 g/mol. The highest BCUT2D eigenvalue weighted by molar-refractivity contribution is 6.02. The topological polar surface area (TPSA) is 78.1 Å². The van der Waals surface area contributed by atoms with Crippen LogP contribution in [0.5, 0.6) is 0 Å². The number of carbonyl (C=O) groups excluding carboxylic acids is 1. The summed E-state index contributed by atoms with van der Waals surface area (Å²) in [4.78, 5) is 19.3. The molecule has 0 aliphatic heterocycles. The summed E-state index contributed by atoms with van der Waals surface area (Å²) in [5.74, 6) is -0.493. The summed E-state index contributed by atoms with van der Waals surface area (Å²) in [6, 6.07) is 5.11. The minimum absolute atomic E-state index is 0.231. The lowest BCUT2D eigenvalue weighted by atomic mass is 10.1. The van der Waals surface area contributed by atoms with E-state index < -0.39 is 5.97 Å². The van der Waals surface area contributed by atoms with Gasteiger partial charge in [0, 0.05) is 11.1 Å². The number of methoxy groups -OCH3 is 1. The Morgan fingerprint density at radius 3 is 2.93 bits per heavy atom. The summed E-state index contributed by atoms with van der Waals surface area (Å²) >= 11 is 0. The molecule has 0 bridgehead atoms. The van der Waals surface area contributed by atoms with Crippen LogP contribution in [0.15, 0.2) is 24.5 Å². The van der Waals surface area contributed by atoms with Gasteiger partial charge in [0.2, 0.25) is 0 Å². The third-order valence-electron chi connectivity index (χ3n) is 2.04. The number of nitrogens with zero attached hydrogens (tertiary/aromatic N) is 2. The number of aromatic nitrogens is 2. The van der Waals surface area contributed by atoms with Crippen molar-refractivity contribution in [2.24, 2.45) is 0 Å². The van der Waals surface area contributed by atoms with E-state index >= 15 is 0 Å². The van der Waals surface area contributed by atoms with Gasteiger partial charge in [-0.1, -0.05) is 0 Å². The van der Waals surface area contributed by atoms with Gasteiger partial charge in [-0.25, -0.2) is 14.8 Å². The summed E-state index contributed by atoms with van der Waals surface area (Å²) in [6.07, 6.45) is 1.32. The van der Waals surface area contributed by atoms with E-state index in [9.17, 15) is 4.79 Å². The minimum Gasteiger partial charge on any atom is -0.464 e. The van der Waals surface area contributed by atoms with Crippen LogP contribution in [-0.4, -0.2) is 23.0 Å². The number of ether oxygens (including phenoxy) is 1. The van der Waals surface area contributed by atoms with Gasteiger partial charge in [0.05, 0.1) is 12.6 Å². The standard InChI is InChI=1S/C10H9N3O2/c1-15-10(14)9-7-4-6(11)2-3-8(7)12-5-13-9/h2-5H,11H2,1H3. The largest absolute Gasteiger partial charge is 0.464 e. The summed E-state index contributed by atoms with van der Waals surface area (Å²) in [5.41, 5.74) is 7.08. The van der Waals surface area contributed by atoms with Gasteiger partial charge in [-0.3, -0.25) is 0 Å². The Morgan fingerprint density at radius 2 is 2.20 bits per heavy atom. The fourth-order valence-corrected chi connectivity index (χ4v) is 1.33. The van der Waals surface area contributed by atoms with Crippen LogP contribution >= 0.6 is 0 Å². The van der Waals surface area contributed by atoms with Crippen LogP contribution in [-0.2, 0) is 4.74 Å². The average molecular weight is 203 g/mol. The number of carbonyl (C=O) groups is 1. The molecule has 0 radical (unpaired) electrons. The summed E-state index contributed by atoms with van der Waals surface area (Å²) in [5, 5.41) is 0.601. The predicted octanol–water partition coefficient (Wildman–Crippen LogP) is 0.999. The van der Waals surface area contributed by atoms with Gasteiger partial charge >= 0.3 is 5.97 Å². The van der Waals surface area contributed by atoms with E-state index in [1.807, 2.05) is 0 Å². The first-order valence-electron chi connectivity index (χ1n) is 4.31. The van der Waals surface area contributed by atoms with Crippen molar-refractivity contribution in [3.63, 3.8) is 0 Å². The summed E-state index contributed by atoms with van der Waals surface area (Å²) in [6.45, 7) is 0. The van der Waals surface area contributed by atoms with E-state index in [1.54, 1.807) is 18.2 Å². The zero-order chi connectivity index (χ0) is 10.8. The molecule has 1 heterocycles. The second-order valence-corrected chi connectivity index (χ2v) is 2.99. The molecule has 1 aromatic heterocycles. The number of fused-ring (bicyclic) bond motifs is 1. The maximum absolute atomic E-state index is 11.4. The summed E-state index contributed by atoms with van der Waals surface area (Å²) in [7, 11) is 1.31. The summed E-state index contributed by atoms with van der Waals surface area (Å²) < 4.78 is 4.61. The van der Waals surface area contributed by atoms with Crippen molar-refractivity contribution < 1.29 is 9.53 Å². The van der Waals surface area contributed by atoms with Crippen molar-refractivity contribution in [2.75, 3.05) is 12.8 Å². The second-order valence-electron chi connectivity index (χ2n) is 2.99. The van der Waals surface area contributed by atoms with Crippen LogP contribution in [0.1, 0.15) is 10.5 Å². The number of hydrogen-bond donors (Lipinski definition) is 1. The lowest BCUT2D eigenvalue weighted by Crippen LogP contribution is -2.05. The number of rotatable bonds is 1. The van der Waals surface area contributed by atoms with Crippen LogP contribution in [0.2, 0.25) is 0 Å². The van der Waals surface area contributed by atoms with Crippen molar-refractivity contribution >= 4 is 22.6 Å². The molecule has 2 aromatic rings. The van der Waals surface area contributed by atoms with Gasteiger partial charge in [0.25, 0.3) is 0 Å². The van der Waals surface area contributed by atoms with E-state index in [0.717, 1.165) is 0 Å². The van der Waals surface area contributed by atoms with Gasteiger partial charge < -0.3 is 10.5 Å². The van der Waals surface area contributed by atoms with Gasteiger partial charge in [0.15, 0.2) is 5.69 Å². The Hall–Kier alpha value is -2.17. The smallest absolute Gasteiger partial charge is 0.357 e. The third-order valence-corrected chi connectivity index (χ3v) is 2.04. The molecule has 2 N–H and O–H groups in total.